The molecule has 1 aliphatic rings. The molecule has 30 heavy (non-hydrogen) atoms. The number of carbonyl (C=O) groups excluding carboxylic acids is 2. The first kappa shape index (κ1) is 20.8. The monoisotopic (exact) mass is 411 g/mol. The molecule has 0 spiro atoms. The zero-order valence-corrected chi connectivity index (χ0v) is 16.1. The van der Waals surface area contributed by atoms with Gasteiger partial charge in [-0.15, -0.1) is 0 Å². The largest absolute Gasteiger partial charge is 0.489 e. The van der Waals surface area contributed by atoms with E-state index < -0.39 is 17.7 Å². The lowest BCUT2D eigenvalue weighted by molar-refractivity contribution is -0.136. The molecule has 0 radical (unpaired) electrons. The first-order chi connectivity index (χ1) is 14.3. The molecule has 1 heterocycles. The summed E-state index contributed by atoms with van der Waals surface area (Å²) in [5.41, 5.74) is 12.6. The molecule has 5 N–H and O–H groups in total. The molecule has 9 heteroatoms. The van der Waals surface area contributed by atoms with Gasteiger partial charge < -0.3 is 26.0 Å². The predicted octanol–water partition coefficient (Wildman–Crippen LogP) is 2.18. The van der Waals surface area contributed by atoms with Gasteiger partial charge in [0.1, 0.15) is 0 Å². The zero-order chi connectivity index (χ0) is 21.7. The summed E-state index contributed by atoms with van der Waals surface area (Å²) in [6.07, 6.45) is 0.582. The van der Waals surface area contributed by atoms with Crippen LogP contribution in [0, 0.1) is 0 Å². The highest BCUT2D eigenvalue weighted by Gasteiger charge is 2.23. The molecular weight excluding hydrogens is 390 g/mol. The van der Waals surface area contributed by atoms with E-state index in [-0.39, 0.29) is 42.5 Å². The minimum Gasteiger partial charge on any atom is -0.489 e. The van der Waals surface area contributed by atoms with E-state index in [4.69, 9.17) is 26.0 Å². The van der Waals surface area contributed by atoms with Gasteiger partial charge in [0.15, 0.2) is 23.2 Å². The highest BCUT2D eigenvalue weighted by Crippen LogP contribution is 2.34. The Morgan fingerprint density at radius 3 is 2.67 bits per heavy atom. The van der Waals surface area contributed by atoms with Crippen molar-refractivity contribution in [3.05, 3.63) is 53.1 Å². The van der Waals surface area contributed by atoms with E-state index in [1.165, 1.54) is 12.1 Å². The minimum atomic E-state index is -1.07. The Morgan fingerprint density at radius 1 is 1.13 bits per heavy atom. The number of aliphatic carboxylic acids is 1. The molecule has 0 fully saturated rings. The van der Waals surface area contributed by atoms with E-state index in [2.05, 4.69) is 4.99 Å². The number of ether oxygens (including phenoxy) is 2. The number of aryl methyl sites for hydroxylation is 1. The van der Waals surface area contributed by atoms with Crippen molar-refractivity contribution in [3.8, 4) is 11.5 Å². The Morgan fingerprint density at radius 2 is 1.93 bits per heavy atom. The topological polar surface area (TPSA) is 154 Å². The number of aliphatic imine (C=N–C) groups is 1. The van der Waals surface area contributed by atoms with Gasteiger partial charge in [-0.3, -0.25) is 9.59 Å². The van der Waals surface area contributed by atoms with Crippen molar-refractivity contribution in [3.63, 3.8) is 0 Å². The first-order valence-electron chi connectivity index (χ1n) is 9.30. The third-order valence-corrected chi connectivity index (χ3v) is 4.45. The molecule has 0 amide bonds. The molecule has 0 aromatic heterocycles. The molecule has 0 aliphatic carbocycles. The Hall–Kier alpha value is -3.88. The molecule has 0 unspecified atom stereocenters. The fraction of sp³-hybridized carbons (Fsp3) is 0.238. The van der Waals surface area contributed by atoms with Crippen molar-refractivity contribution < 1.29 is 29.0 Å². The molecular formula is C21H21N3O6. The van der Waals surface area contributed by atoms with Gasteiger partial charge in [-0.2, -0.15) is 0 Å². The molecule has 0 saturated heterocycles. The summed E-state index contributed by atoms with van der Waals surface area (Å²) in [6, 6.07) is 9.51. The number of Topliss-reactive ketones (excluding diaryl/α,β-unsaturated/α-hetero) is 1. The van der Waals surface area contributed by atoms with E-state index in [1.54, 1.807) is 24.3 Å². The molecule has 3 rings (SSSR count). The smallest absolute Gasteiger partial charge is 0.343 e. The van der Waals surface area contributed by atoms with Crippen molar-refractivity contribution in [1.82, 2.24) is 0 Å². The summed E-state index contributed by atoms with van der Waals surface area (Å²) < 4.78 is 11.3. The first-order valence-corrected chi connectivity index (χ1v) is 9.30. The van der Waals surface area contributed by atoms with Crippen LogP contribution in [0.3, 0.4) is 0 Å². The van der Waals surface area contributed by atoms with Gasteiger partial charge in [0, 0.05) is 6.42 Å². The Kier molecular flexibility index (Phi) is 6.31. The van der Waals surface area contributed by atoms with Crippen LogP contribution in [0.4, 0.5) is 5.69 Å². The molecule has 156 valence electrons. The van der Waals surface area contributed by atoms with Crippen LogP contribution in [-0.2, 0) is 11.2 Å². The number of hydrogen-bond acceptors (Lipinski definition) is 6. The van der Waals surface area contributed by atoms with E-state index >= 15 is 0 Å². The third-order valence-electron chi connectivity index (χ3n) is 4.45. The number of rotatable bonds is 5. The quantitative estimate of drug-likeness (QED) is 0.222. The predicted molar refractivity (Wildman–Crippen MR) is 108 cm³/mol. The maximum absolute atomic E-state index is 12.8. The van der Waals surface area contributed by atoms with Crippen molar-refractivity contribution in [2.45, 2.75) is 25.7 Å². The van der Waals surface area contributed by atoms with Crippen LogP contribution in [0.5, 0.6) is 11.5 Å². The number of para-hydroxylation sites is 1. The molecule has 9 nitrogen and oxygen atoms in total. The van der Waals surface area contributed by atoms with E-state index in [1.807, 2.05) is 0 Å². The van der Waals surface area contributed by atoms with Gasteiger partial charge in [0.25, 0.3) is 0 Å². The van der Waals surface area contributed by atoms with E-state index in [0.717, 1.165) is 0 Å². The summed E-state index contributed by atoms with van der Waals surface area (Å²) in [4.78, 5) is 40.0. The van der Waals surface area contributed by atoms with Gasteiger partial charge in [-0.1, -0.05) is 6.07 Å². The number of benzene rings is 2. The highest BCUT2D eigenvalue weighted by molar-refractivity contribution is 6.01. The number of esters is 1. The van der Waals surface area contributed by atoms with Crippen molar-refractivity contribution in [1.29, 1.82) is 0 Å². The summed E-state index contributed by atoms with van der Waals surface area (Å²) >= 11 is 0. The second-order valence-corrected chi connectivity index (χ2v) is 6.67. The number of carboxylic acid groups (broad SMARTS) is 1. The number of ketones is 1. The molecule has 1 aliphatic heterocycles. The van der Waals surface area contributed by atoms with Crippen LogP contribution in [-0.4, -0.2) is 35.4 Å². The Balaban J connectivity index is 1.94. The summed E-state index contributed by atoms with van der Waals surface area (Å²) in [5.74, 6) is -1.92. The maximum Gasteiger partial charge on any atom is 0.343 e. The van der Waals surface area contributed by atoms with Gasteiger partial charge in [0.2, 0.25) is 0 Å². The molecule has 0 atom stereocenters. The lowest BCUT2D eigenvalue weighted by atomic mass is 10.0. The zero-order valence-electron chi connectivity index (χ0n) is 16.1. The average Bonchev–Trinajstić information content (AvgIpc) is 2.69. The summed E-state index contributed by atoms with van der Waals surface area (Å²) in [7, 11) is 0. The van der Waals surface area contributed by atoms with Crippen molar-refractivity contribution in [2.75, 3.05) is 6.61 Å². The lowest BCUT2D eigenvalue weighted by Crippen LogP contribution is -2.22. The molecule has 0 saturated carbocycles. The molecule has 2 aromatic rings. The number of hydrogen-bond donors (Lipinski definition) is 3. The summed E-state index contributed by atoms with van der Waals surface area (Å²) in [5, 5.41) is 8.82. The third kappa shape index (κ3) is 4.93. The molecule has 0 bridgehead atoms. The van der Waals surface area contributed by atoms with Crippen LogP contribution in [0.2, 0.25) is 0 Å². The number of nitrogens with zero attached hydrogens (tertiary/aromatic N) is 1. The number of carbonyl (C=O) groups is 3. The average molecular weight is 411 g/mol. The van der Waals surface area contributed by atoms with Crippen LogP contribution < -0.4 is 20.9 Å². The fourth-order valence-electron chi connectivity index (χ4n) is 3.12. The molecule has 2 aromatic carbocycles. The summed E-state index contributed by atoms with van der Waals surface area (Å²) in [6.45, 7) is 0.264. The van der Waals surface area contributed by atoms with Crippen LogP contribution in [0.15, 0.2) is 41.4 Å². The normalized spacial score (nSPS) is 13.1. The van der Waals surface area contributed by atoms with Crippen molar-refractivity contribution in [2.24, 2.45) is 16.5 Å². The standard InChI is InChI=1S/C21H21N3O6/c22-21(23)24-13-6-7-14-12(11-13)3-2-10-29-19-15(16(25)8-9-18(26)27)4-1-5-17(19)30-20(14)28/h1,4-7,11H,2-3,8-10H2,(H,26,27)(H4,22,23,24). The fourth-order valence-corrected chi connectivity index (χ4v) is 3.12. The highest BCUT2D eigenvalue weighted by atomic mass is 16.6. The van der Waals surface area contributed by atoms with Gasteiger partial charge in [-0.05, 0) is 48.7 Å². The van der Waals surface area contributed by atoms with Crippen LogP contribution in [0.1, 0.15) is 45.5 Å². The SMILES string of the molecule is NC(N)=Nc1ccc2c(c1)CCCOc1c(cccc1C(=O)CCC(=O)O)OC2=O. The number of nitrogens with two attached hydrogens (primary N) is 2. The minimum absolute atomic E-state index is 0.0882. The second kappa shape index (κ2) is 9.08. The van der Waals surface area contributed by atoms with Gasteiger partial charge in [0.05, 0.1) is 29.8 Å². The van der Waals surface area contributed by atoms with Crippen LogP contribution in [0.25, 0.3) is 0 Å². The van der Waals surface area contributed by atoms with E-state index in [9.17, 15) is 14.4 Å². The number of guanidine groups is 1. The maximum atomic E-state index is 12.8. The second-order valence-electron chi connectivity index (χ2n) is 6.67. The number of fused-ring (bicyclic) bond motifs is 2. The Bertz CT molecular complexity index is 1030. The van der Waals surface area contributed by atoms with E-state index in [0.29, 0.717) is 29.7 Å². The number of carboxylic acids is 1. The Labute approximate surface area is 172 Å². The van der Waals surface area contributed by atoms with Gasteiger partial charge in [-0.25, -0.2) is 9.79 Å². The lowest BCUT2D eigenvalue weighted by Gasteiger charge is -2.18. The van der Waals surface area contributed by atoms with Gasteiger partial charge >= 0.3 is 11.9 Å². The van der Waals surface area contributed by atoms with Crippen LogP contribution >= 0.6 is 0 Å². The van der Waals surface area contributed by atoms with Crippen molar-refractivity contribution >= 4 is 29.4 Å².